The second-order valence-electron chi connectivity index (χ2n) is 21.0. The lowest BCUT2D eigenvalue weighted by Gasteiger charge is -2.27. The summed E-state index contributed by atoms with van der Waals surface area (Å²) in [5, 5.41) is 2.56. The Kier molecular flexibility index (Phi) is 12.5. The summed E-state index contributed by atoms with van der Waals surface area (Å²) in [6.45, 7) is 0. The van der Waals surface area contributed by atoms with E-state index >= 15 is 0 Å². The molecule has 2 aliphatic rings. The molecule has 1 heterocycles. The van der Waals surface area contributed by atoms with Crippen molar-refractivity contribution in [1.82, 2.24) is 4.57 Å². The highest BCUT2D eigenvalue weighted by molar-refractivity contribution is 6.09. The minimum absolute atomic E-state index is 1.03. The number of benzene rings is 12. The smallest absolute Gasteiger partial charge is 0.0541 e. The van der Waals surface area contributed by atoms with E-state index in [0.717, 1.165) is 58.3 Å². The van der Waals surface area contributed by atoms with Gasteiger partial charge in [-0.2, -0.15) is 0 Å². The molecule has 13 aromatic rings. The molecule has 0 N–H and O–H groups in total. The van der Waals surface area contributed by atoms with Crippen LogP contribution < -0.4 is 14.7 Å². The Morgan fingerprint density at radius 2 is 0.650 bits per heavy atom. The van der Waals surface area contributed by atoms with Gasteiger partial charge < -0.3 is 19.3 Å². The molecule has 12 aromatic carbocycles. The van der Waals surface area contributed by atoms with Gasteiger partial charge in [0.2, 0.25) is 0 Å². The first-order valence-corrected chi connectivity index (χ1v) is 27.7. The molecule has 382 valence electrons. The molecule has 0 radical (unpaired) electrons. The van der Waals surface area contributed by atoms with Crippen LogP contribution in [0.4, 0.5) is 39.8 Å². The van der Waals surface area contributed by atoms with Gasteiger partial charge in [-0.15, -0.1) is 0 Å². The van der Waals surface area contributed by atoms with Crippen molar-refractivity contribution in [2.75, 3.05) is 28.8 Å². The van der Waals surface area contributed by atoms with Crippen LogP contribution in [0.2, 0.25) is 0 Å². The van der Waals surface area contributed by atoms with Gasteiger partial charge in [0.1, 0.15) is 0 Å². The maximum atomic E-state index is 2.37. The molecule has 0 amide bonds. The number of hydrogen-bond donors (Lipinski definition) is 0. The summed E-state index contributed by atoms with van der Waals surface area (Å²) in [5.41, 5.74) is 27.8. The summed E-state index contributed by atoms with van der Waals surface area (Å²) in [7, 11) is 4.28. The fourth-order valence-electron chi connectivity index (χ4n) is 12.1. The van der Waals surface area contributed by atoms with Crippen molar-refractivity contribution < 1.29 is 0 Å². The molecule has 0 aliphatic heterocycles. The van der Waals surface area contributed by atoms with Gasteiger partial charge in [-0.05, 0) is 189 Å². The van der Waals surface area contributed by atoms with E-state index in [1.54, 1.807) is 0 Å². The average molecular weight is 1030 g/mol. The Labute approximate surface area is 469 Å². The number of nitrogens with zero attached hydrogens (tertiary/aromatic N) is 4. The molecule has 0 saturated heterocycles. The van der Waals surface area contributed by atoms with Crippen molar-refractivity contribution >= 4 is 61.6 Å². The Hall–Kier alpha value is -10.2. The van der Waals surface area contributed by atoms with E-state index in [-0.39, 0.29) is 0 Å². The van der Waals surface area contributed by atoms with Gasteiger partial charge in [-0.25, -0.2) is 0 Å². The second kappa shape index (κ2) is 20.7. The highest BCUT2D eigenvalue weighted by Crippen LogP contribution is 2.43. The summed E-state index contributed by atoms with van der Waals surface area (Å²) in [6, 6.07) is 105. The van der Waals surface area contributed by atoms with E-state index < -0.39 is 0 Å². The molecule has 0 saturated carbocycles. The molecule has 1 aromatic heterocycles. The predicted molar refractivity (Wildman–Crippen MR) is 338 cm³/mol. The highest BCUT2D eigenvalue weighted by Gasteiger charge is 2.21. The lowest BCUT2D eigenvalue weighted by molar-refractivity contribution is 1.15. The van der Waals surface area contributed by atoms with Crippen molar-refractivity contribution in [1.29, 1.82) is 0 Å². The molecule has 4 heteroatoms. The van der Waals surface area contributed by atoms with E-state index in [1.165, 1.54) is 88.6 Å². The Morgan fingerprint density at radius 3 is 1.16 bits per heavy atom. The van der Waals surface area contributed by atoms with E-state index in [2.05, 4.69) is 325 Å². The summed E-state index contributed by atoms with van der Waals surface area (Å²) in [6.07, 6.45) is 2.06. The fraction of sp³-hybridized carbons (Fsp3) is 0.0526. The van der Waals surface area contributed by atoms with Crippen LogP contribution in [-0.2, 0) is 12.8 Å². The number of para-hydroxylation sites is 4. The zero-order valence-electron chi connectivity index (χ0n) is 44.9. The van der Waals surface area contributed by atoms with Crippen LogP contribution in [0, 0.1) is 0 Å². The summed E-state index contributed by atoms with van der Waals surface area (Å²) in [5.74, 6) is 0. The fourth-order valence-corrected chi connectivity index (χ4v) is 12.1. The largest absolute Gasteiger partial charge is 0.345 e. The molecule has 0 atom stereocenters. The third-order valence-electron chi connectivity index (χ3n) is 16.3. The topological polar surface area (TPSA) is 14.7 Å². The van der Waals surface area contributed by atoms with E-state index in [0.29, 0.717) is 0 Å². The monoisotopic (exact) mass is 1030 g/mol. The molecule has 15 rings (SSSR count). The molecule has 2 aliphatic carbocycles. The van der Waals surface area contributed by atoms with Crippen LogP contribution in [0.15, 0.2) is 291 Å². The van der Waals surface area contributed by atoms with Crippen molar-refractivity contribution in [2.24, 2.45) is 0 Å². The zero-order chi connectivity index (χ0) is 53.5. The lowest BCUT2D eigenvalue weighted by atomic mass is 9.98. The SMILES string of the molecule is CN(c1ccc(-c2ccc3c(c2)-c2ccccc2C3)cc1)c1cccc(-n2c3ccccc3c3ccccc32)c1.CN(c1ccc(-c2ccc3c(c2)-c2ccccc2C3)cc1)c1cccc(N(c2ccccc2)c2ccccc2)c1. The van der Waals surface area contributed by atoms with Crippen molar-refractivity contribution in [3.63, 3.8) is 0 Å². The van der Waals surface area contributed by atoms with Crippen molar-refractivity contribution in [3.05, 3.63) is 313 Å². The van der Waals surface area contributed by atoms with Gasteiger partial charge in [0.15, 0.2) is 0 Å². The lowest BCUT2D eigenvalue weighted by Crippen LogP contribution is -2.12. The molecule has 0 fully saturated rings. The number of aromatic nitrogens is 1. The molecule has 80 heavy (non-hydrogen) atoms. The zero-order valence-corrected chi connectivity index (χ0v) is 44.9. The number of anilines is 7. The molecule has 0 unspecified atom stereocenters. The van der Waals surface area contributed by atoms with Crippen molar-refractivity contribution in [3.8, 4) is 50.2 Å². The molecule has 4 nitrogen and oxygen atoms in total. The summed E-state index contributed by atoms with van der Waals surface area (Å²) >= 11 is 0. The van der Waals surface area contributed by atoms with Gasteiger partial charge in [-0.3, -0.25) is 0 Å². The van der Waals surface area contributed by atoms with E-state index in [1.807, 2.05) is 0 Å². The Morgan fingerprint density at radius 1 is 0.263 bits per heavy atom. The summed E-state index contributed by atoms with van der Waals surface area (Å²) < 4.78 is 2.37. The summed E-state index contributed by atoms with van der Waals surface area (Å²) in [4.78, 5) is 6.81. The minimum Gasteiger partial charge on any atom is -0.345 e. The second-order valence-corrected chi connectivity index (χ2v) is 21.0. The van der Waals surface area contributed by atoms with Crippen LogP contribution in [0.3, 0.4) is 0 Å². The first kappa shape index (κ1) is 48.2. The highest BCUT2D eigenvalue weighted by atomic mass is 15.2. The van der Waals surface area contributed by atoms with Crippen LogP contribution in [-0.4, -0.2) is 18.7 Å². The number of rotatable bonds is 10. The van der Waals surface area contributed by atoms with Crippen LogP contribution in [0.25, 0.3) is 72.0 Å². The quantitative estimate of drug-likeness (QED) is 0.136. The van der Waals surface area contributed by atoms with Crippen LogP contribution >= 0.6 is 0 Å². The first-order chi connectivity index (χ1) is 39.5. The third-order valence-corrected chi connectivity index (χ3v) is 16.3. The Balaban J connectivity index is 0.000000144. The van der Waals surface area contributed by atoms with E-state index in [4.69, 9.17) is 0 Å². The number of fused-ring (bicyclic) bond motifs is 9. The van der Waals surface area contributed by atoms with Gasteiger partial charge in [0, 0.05) is 70.4 Å². The molecular weight excluding hydrogens is 969 g/mol. The average Bonchev–Trinajstić information content (AvgIpc) is 4.36. The molecule has 0 spiro atoms. The Bertz CT molecular complexity index is 4290. The molecular formula is C76H58N4. The van der Waals surface area contributed by atoms with Crippen molar-refractivity contribution in [2.45, 2.75) is 12.8 Å². The van der Waals surface area contributed by atoms with Gasteiger partial charge in [0.05, 0.1) is 11.0 Å². The molecule has 0 bridgehead atoms. The van der Waals surface area contributed by atoms with Crippen LogP contribution in [0.5, 0.6) is 0 Å². The predicted octanol–water partition coefficient (Wildman–Crippen LogP) is 20.0. The third kappa shape index (κ3) is 8.97. The van der Waals surface area contributed by atoms with Crippen LogP contribution in [0.1, 0.15) is 22.3 Å². The maximum absolute atomic E-state index is 2.37. The maximum Gasteiger partial charge on any atom is 0.0541 e. The van der Waals surface area contributed by atoms with Gasteiger partial charge in [0.25, 0.3) is 0 Å². The normalized spacial score (nSPS) is 11.8. The van der Waals surface area contributed by atoms with Gasteiger partial charge >= 0.3 is 0 Å². The first-order valence-electron chi connectivity index (χ1n) is 27.7. The number of hydrogen-bond acceptors (Lipinski definition) is 3. The van der Waals surface area contributed by atoms with Gasteiger partial charge in [-0.1, -0.05) is 182 Å². The van der Waals surface area contributed by atoms with E-state index in [9.17, 15) is 0 Å². The standard InChI is InChI=1S/C38H28N2.C38H30N2/c1-39(30-21-19-26(20-22-30)27-17-18-29-23-28-9-2-3-12-33(28)36(29)24-27)31-10-8-11-32(25-31)40-37-15-6-4-13-34(37)35-14-5-7-16-38(35)40;1-39(35-16-10-17-36(27-35)40(33-12-4-2-5-13-33)34-14-6-3-7-15-34)32-23-21-28(22-24-32)29-19-20-31-25-30-11-8-9-18-37(30)38(31)26-29/h2-22,24-25H,23H2,1H3;2-24,26-27H,25H2,1H3. The minimum atomic E-state index is 1.03.